The van der Waals surface area contributed by atoms with Gasteiger partial charge < -0.3 is 14.8 Å². The second-order valence-electron chi connectivity index (χ2n) is 5.72. The SMILES string of the molecule is O=C(Nc1cccc(OCCN2CCOCC2)c1)c1ccnn1C(F)F. The van der Waals surface area contributed by atoms with Crippen molar-refractivity contribution >= 4 is 11.6 Å². The zero-order valence-electron chi connectivity index (χ0n) is 14.1. The normalized spacial score (nSPS) is 15.2. The van der Waals surface area contributed by atoms with Gasteiger partial charge in [-0.25, -0.2) is 0 Å². The molecule has 0 radical (unpaired) electrons. The Labute approximate surface area is 149 Å². The molecule has 0 aliphatic carbocycles. The van der Waals surface area contributed by atoms with E-state index < -0.39 is 12.5 Å². The van der Waals surface area contributed by atoms with Crippen LogP contribution in [0, 0.1) is 0 Å². The number of benzene rings is 1. The summed E-state index contributed by atoms with van der Waals surface area (Å²) in [5.74, 6) is -0.0632. The van der Waals surface area contributed by atoms with Crippen molar-refractivity contribution in [1.82, 2.24) is 14.7 Å². The summed E-state index contributed by atoms with van der Waals surface area (Å²) in [6, 6.07) is 8.06. The third kappa shape index (κ3) is 4.77. The third-order valence-electron chi connectivity index (χ3n) is 3.96. The molecule has 0 bridgehead atoms. The Morgan fingerprint density at radius 1 is 1.31 bits per heavy atom. The van der Waals surface area contributed by atoms with E-state index in [4.69, 9.17) is 9.47 Å². The predicted molar refractivity (Wildman–Crippen MR) is 90.6 cm³/mol. The molecule has 2 heterocycles. The molecular weight excluding hydrogens is 346 g/mol. The van der Waals surface area contributed by atoms with E-state index in [-0.39, 0.29) is 5.69 Å². The van der Waals surface area contributed by atoms with Gasteiger partial charge in [-0.05, 0) is 18.2 Å². The lowest BCUT2D eigenvalue weighted by atomic mass is 10.3. The fourth-order valence-electron chi connectivity index (χ4n) is 2.63. The van der Waals surface area contributed by atoms with Gasteiger partial charge in [0.1, 0.15) is 18.1 Å². The number of anilines is 1. The number of aromatic nitrogens is 2. The number of nitrogens with one attached hydrogen (secondary N) is 1. The lowest BCUT2D eigenvalue weighted by Crippen LogP contribution is -2.38. The maximum absolute atomic E-state index is 12.8. The molecule has 1 aliphatic rings. The van der Waals surface area contributed by atoms with Crippen LogP contribution in [0.5, 0.6) is 5.75 Å². The van der Waals surface area contributed by atoms with E-state index in [9.17, 15) is 13.6 Å². The number of ether oxygens (including phenoxy) is 2. The van der Waals surface area contributed by atoms with Crippen LogP contribution in [-0.2, 0) is 4.74 Å². The van der Waals surface area contributed by atoms with E-state index in [2.05, 4.69) is 15.3 Å². The zero-order chi connectivity index (χ0) is 18.4. The second-order valence-corrected chi connectivity index (χ2v) is 5.72. The van der Waals surface area contributed by atoms with Crippen LogP contribution in [-0.4, -0.2) is 60.0 Å². The number of alkyl halides is 2. The lowest BCUT2D eigenvalue weighted by molar-refractivity contribution is 0.0322. The number of nitrogens with zero attached hydrogens (tertiary/aromatic N) is 3. The number of rotatable bonds is 7. The van der Waals surface area contributed by atoms with Gasteiger partial charge in [0.05, 0.1) is 13.2 Å². The van der Waals surface area contributed by atoms with Crippen LogP contribution in [0.4, 0.5) is 14.5 Å². The average molecular weight is 366 g/mol. The average Bonchev–Trinajstić information content (AvgIpc) is 3.13. The van der Waals surface area contributed by atoms with Crippen molar-refractivity contribution in [2.45, 2.75) is 6.55 Å². The molecule has 1 aromatic carbocycles. The van der Waals surface area contributed by atoms with E-state index in [1.54, 1.807) is 24.3 Å². The molecular formula is C17H20F2N4O3. The number of hydrogen-bond donors (Lipinski definition) is 1. The summed E-state index contributed by atoms with van der Waals surface area (Å²) in [4.78, 5) is 14.4. The van der Waals surface area contributed by atoms with Crippen molar-refractivity contribution in [3.63, 3.8) is 0 Å². The first kappa shape index (κ1) is 18.3. The molecule has 0 saturated carbocycles. The van der Waals surface area contributed by atoms with Crippen molar-refractivity contribution in [3.8, 4) is 5.75 Å². The number of amides is 1. The molecule has 0 atom stereocenters. The number of hydrogen-bond acceptors (Lipinski definition) is 5. The molecule has 2 aromatic rings. The first-order chi connectivity index (χ1) is 12.6. The number of halogens is 2. The summed E-state index contributed by atoms with van der Waals surface area (Å²) < 4.78 is 37.0. The van der Waals surface area contributed by atoms with Gasteiger partial charge in [-0.15, -0.1) is 0 Å². The van der Waals surface area contributed by atoms with Crippen LogP contribution >= 0.6 is 0 Å². The van der Waals surface area contributed by atoms with Crippen molar-refractivity contribution < 1.29 is 23.0 Å². The molecule has 0 spiro atoms. The van der Waals surface area contributed by atoms with Gasteiger partial charge in [-0.2, -0.15) is 18.6 Å². The molecule has 1 aliphatic heterocycles. The Balaban J connectivity index is 1.55. The third-order valence-corrected chi connectivity index (χ3v) is 3.96. The highest BCUT2D eigenvalue weighted by Crippen LogP contribution is 2.19. The van der Waals surface area contributed by atoms with Crippen LogP contribution in [0.1, 0.15) is 17.0 Å². The largest absolute Gasteiger partial charge is 0.492 e. The fraction of sp³-hybridized carbons (Fsp3) is 0.412. The molecule has 7 nitrogen and oxygen atoms in total. The molecule has 1 saturated heterocycles. The van der Waals surface area contributed by atoms with Crippen molar-refractivity contribution in [3.05, 3.63) is 42.2 Å². The molecule has 1 fully saturated rings. The number of carbonyl (C=O) groups is 1. The van der Waals surface area contributed by atoms with E-state index in [1.807, 2.05) is 0 Å². The Kier molecular flexibility index (Phi) is 6.13. The Morgan fingerprint density at radius 2 is 2.12 bits per heavy atom. The van der Waals surface area contributed by atoms with Crippen molar-refractivity contribution in [1.29, 1.82) is 0 Å². The maximum Gasteiger partial charge on any atom is 0.333 e. The van der Waals surface area contributed by atoms with Gasteiger partial charge in [-0.1, -0.05) is 6.07 Å². The Hall–Kier alpha value is -2.52. The van der Waals surface area contributed by atoms with Crippen LogP contribution < -0.4 is 10.1 Å². The summed E-state index contributed by atoms with van der Waals surface area (Å²) >= 11 is 0. The highest BCUT2D eigenvalue weighted by Gasteiger charge is 2.18. The smallest absolute Gasteiger partial charge is 0.333 e. The summed E-state index contributed by atoms with van der Waals surface area (Å²) in [7, 11) is 0. The highest BCUT2D eigenvalue weighted by atomic mass is 19.3. The molecule has 9 heteroatoms. The predicted octanol–water partition coefficient (Wildman–Crippen LogP) is 2.24. The summed E-state index contributed by atoms with van der Waals surface area (Å²) in [5, 5.41) is 6.03. The summed E-state index contributed by atoms with van der Waals surface area (Å²) in [6.45, 7) is 1.66. The summed E-state index contributed by atoms with van der Waals surface area (Å²) in [5.41, 5.74) is 0.250. The molecule has 1 aromatic heterocycles. The van der Waals surface area contributed by atoms with Gasteiger partial charge in [0.25, 0.3) is 5.91 Å². The van der Waals surface area contributed by atoms with E-state index >= 15 is 0 Å². The van der Waals surface area contributed by atoms with Gasteiger partial charge in [-0.3, -0.25) is 9.69 Å². The van der Waals surface area contributed by atoms with Gasteiger partial charge >= 0.3 is 6.55 Å². The van der Waals surface area contributed by atoms with Crippen molar-refractivity contribution in [2.75, 3.05) is 44.8 Å². The first-order valence-electron chi connectivity index (χ1n) is 8.29. The quantitative estimate of drug-likeness (QED) is 0.814. The number of carbonyl (C=O) groups excluding carboxylic acids is 1. The molecule has 3 rings (SSSR count). The second kappa shape index (κ2) is 8.72. The minimum Gasteiger partial charge on any atom is -0.492 e. The Bertz CT molecular complexity index is 732. The van der Waals surface area contributed by atoms with E-state index in [0.717, 1.165) is 39.0 Å². The monoisotopic (exact) mass is 366 g/mol. The fourth-order valence-corrected chi connectivity index (χ4v) is 2.63. The maximum atomic E-state index is 12.8. The first-order valence-corrected chi connectivity index (χ1v) is 8.29. The van der Waals surface area contributed by atoms with E-state index in [0.29, 0.717) is 22.7 Å². The molecule has 1 N–H and O–H groups in total. The van der Waals surface area contributed by atoms with Crippen LogP contribution in [0.2, 0.25) is 0 Å². The van der Waals surface area contributed by atoms with Crippen LogP contribution in [0.25, 0.3) is 0 Å². The zero-order valence-corrected chi connectivity index (χ0v) is 14.1. The topological polar surface area (TPSA) is 68.6 Å². The summed E-state index contributed by atoms with van der Waals surface area (Å²) in [6.07, 6.45) is 1.16. The molecule has 1 amide bonds. The minimum absolute atomic E-state index is 0.210. The Morgan fingerprint density at radius 3 is 2.88 bits per heavy atom. The number of morpholine rings is 1. The van der Waals surface area contributed by atoms with E-state index in [1.165, 1.54) is 6.07 Å². The molecule has 140 valence electrons. The lowest BCUT2D eigenvalue weighted by Gasteiger charge is -2.26. The van der Waals surface area contributed by atoms with Gasteiger partial charge in [0.15, 0.2) is 0 Å². The van der Waals surface area contributed by atoms with Crippen LogP contribution in [0.3, 0.4) is 0 Å². The minimum atomic E-state index is -2.87. The van der Waals surface area contributed by atoms with Crippen molar-refractivity contribution in [2.24, 2.45) is 0 Å². The van der Waals surface area contributed by atoms with Gasteiger partial charge in [0.2, 0.25) is 0 Å². The standard InChI is InChI=1S/C17H20F2N4O3/c18-17(19)23-15(4-5-20-23)16(24)21-13-2-1-3-14(12-13)26-11-8-22-6-9-25-10-7-22/h1-5,12,17H,6-11H2,(H,21,24). The van der Waals surface area contributed by atoms with Crippen LogP contribution in [0.15, 0.2) is 36.5 Å². The highest BCUT2D eigenvalue weighted by molar-refractivity contribution is 6.03. The molecule has 26 heavy (non-hydrogen) atoms. The molecule has 0 unspecified atom stereocenters. The van der Waals surface area contributed by atoms with Gasteiger partial charge in [0, 0.05) is 37.6 Å².